The number of nitrogens with one attached hydrogen (secondary N) is 1. The van der Waals surface area contributed by atoms with Gasteiger partial charge in [-0.15, -0.1) is 0 Å². The highest BCUT2D eigenvalue weighted by atomic mass is 16.5. The number of pyridine rings is 1. The zero-order valence-corrected chi connectivity index (χ0v) is 18.0. The largest absolute Gasteiger partial charge is 0.496 e. The number of nitrogens with zero attached hydrogens (tertiary/aromatic N) is 2. The van der Waals surface area contributed by atoms with Crippen LogP contribution in [0.25, 0.3) is 11.1 Å². The maximum Gasteiger partial charge on any atom is 0.223 e. The van der Waals surface area contributed by atoms with Crippen LogP contribution < -0.4 is 10.1 Å². The summed E-state index contributed by atoms with van der Waals surface area (Å²) in [5.74, 6) is 1.02. The summed E-state index contributed by atoms with van der Waals surface area (Å²) >= 11 is 0. The fourth-order valence-electron chi connectivity index (χ4n) is 4.23. The Hall–Kier alpha value is -3.18. The summed E-state index contributed by atoms with van der Waals surface area (Å²) in [4.78, 5) is 19.4. The van der Waals surface area contributed by atoms with E-state index < -0.39 is 0 Å². The Kier molecular flexibility index (Phi) is 6.95. The number of likely N-dealkylation sites (tertiary alicyclic amines) is 1. The van der Waals surface area contributed by atoms with Gasteiger partial charge in [-0.25, -0.2) is 0 Å². The maximum absolute atomic E-state index is 12.7. The van der Waals surface area contributed by atoms with E-state index in [1.165, 1.54) is 11.1 Å². The van der Waals surface area contributed by atoms with E-state index in [2.05, 4.69) is 45.5 Å². The molecule has 1 amide bonds. The molecule has 0 aliphatic carbocycles. The number of para-hydroxylation sites is 1. The van der Waals surface area contributed by atoms with Crippen LogP contribution in [0.1, 0.15) is 24.0 Å². The summed E-state index contributed by atoms with van der Waals surface area (Å²) in [6.45, 7) is 3.24. The van der Waals surface area contributed by atoms with E-state index >= 15 is 0 Å². The fraction of sp³-hybridized carbons (Fsp3) is 0.308. The molecule has 2 aromatic carbocycles. The summed E-state index contributed by atoms with van der Waals surface area (Å²) in [5.41, 5.74) is 4.67. The molecule has 0 atom stereocenters. The smallest absolute Gasteiger partial charge is 0.223 e. The Balaban J connectivity index is 1.31. The number of rotatable bonds is 7. The lowest BCUT2D eigenvalue weighted by Gasteiger charge is -2.31. The second-order valence-electron chi connectivity index (χ2n) is 7.98. The Labute approximate surface area is 184 Å². The number of ether oxygens (including phenoxy) is 1. The third kappa shape index (κ3) is 5.30. The quantitative estimate of drug-likeness (QED) is 0.626. The van der Waals surface area contributed by atoms with Crippen LogP contribution in [0.4, 0.5) is 0 Å². The lowest BCUT2D eigenvalue weighted by atomic mass is 9.94. The second-order valence-corrected chi connectivity index (χ2v) is 7.98. The average Bonchev–Trinajstić information content (AvgIpc) is 2.84. The molecule has 1 aliphatic rings. The van der Waals surface area contributed by atoms with E-state index in [4.69, 9.17) is 4.74 Å². The summed E-state index contributed by atoms with van der Waals surface area (Å²) in [5, 5.41) is 3.09. The minimum Gasteiger partial charge on any atom is -0.496 e. The van der Waals surface area contributed by atoms with Crippen molar-refractivity contribution in [3.8, 4) is 16.9 Å². The molecule has 31 heavy (non-hydrogen) atoms. The summed E-state index contributed by atoms with van der Waals surface area (Å²) in [6.07, 6.45) is 5.48. The topological polar surface area (TPSA) is 54.5 Å². The maximum atomic E-state index is 12.7. The standard InChI is InChI=1S/C26H29N3O2/c1-31-25-11-5-3-7-22(25)18-28-26(30)20-12-15-29(16-13-20)19-23-8-2-4-10-24(23)21-9-6-14-27-17-21/h2-11,14,17,20H,12-13,15-16,18-19H2,1H3,(H,28,30). The number of amides is 1. The van der Waals surface area contributed by atoms with Gasteiger partial charge in [-0.2, -0.15) is 0 Å². The normalized spacial score (nSPS) is 14.9. The SMILES string of the molecule is COc1ccccc1CNC(=O)C1CCN(Cc2ccccc2-c2cccnc2)CC1. The third-order valence-electron chi connectivity index (χ3n) is 5.99. The molecule has 0 radical (unpaired) electrons. The predicted molar refractivity (Wildman–Crippen MR) is 123 cm³/mol. The van der Waals surface area contributed by atoms with Gasteiger partial charge in [-0.1, -0.05) is 48.5 Å². The first-order valence-electron chi connectivity index (χ1n) is 10.8. The molecule has 160 valence electrons. The van der Waals surface area contributed by atoms with Crippen LogP contribution in [-0.2, 0) is 17.9 Å². The van der Waals surface area contributed by atoms with Gasteiger partial charge in [-0.3, -0.25) is 14.7 Å². The van der Waals surface area contributed by atoms with Crippen molar-refractivity contribution in [2.45, 2.75) is 25.9 Å². The second kappa shape index (κ2) is 10.2. The van der Waals surface area contributed by atoms with Crippen LogP contribution >= 0.6 is 0 Å². The van der Waals surface area contributed by atoms with Crippen molar-refractivity contribution >= 4 is 5.91 Å². The molecule has 1 aromatic heterocycles. The molecule has 1 N–H and O–H groups in total. The molecule has 1 saturated heterocycles. The Bertz CT molecular complexity index is 998. The Morgan fingerprint density at radius 3 is 2.52 bits per heavy atom. The van der Waals surface area contributed by atoms with Crippen molar-refractivity contribution < 1.29 is 9.53 Å². The Morgan fingerprint density at radius 2 is 1.77 bits per heavy atom. The van der Waals surface area contributed by atoms with E-state index in [1.54, 1.807) is 13.3 Å². The van der Waals surface area contributed by atoms with Crippen LogP contribution in [0.3, 0.4) is 0 Å². The van der Waals surface area contributed by atoms with Crippen molar-refractivity contribution in [3.05, 3.63) is 84.2 Å². The summed E-state index contributed by atoms with van der Waals surface area (Å²) in [7, 11) is 1.66. The molecule has 0 spiro atoms. The van der Waals surface area contributed by atoms with Gasteiger partial charge in [0.05, 0.1) is 7.11 Å². The molecule has 2 heterocycles. The average molecular weight is 416 g/mol. The lowest BCUT2D eigenvalue weighted by Crippen LogP contribution is -2.40. The van der Waals surface area contributed by atoms with Crippen LogP contribution in [0.5, 0.6) is 5.75 Å². The number of carbonyl (C=O) groups is 1. The van der Waals surface area contributed by atoms with Gasteiger partial charge in [0, 0.05) is 42.5 Å². The number of carbonyl (C=O) groups excluding carboxylic acids is 1. The number of piperidine rings is 1. The van der Waals surface area contributed by atoms with Gasteiger partial charge in [0.2, 0.25) is 5.91 Å². The van der Waals surface area contributed by atoms with Crippen molar-refractivity contribution in [1.82, 2.24) is 15.2 Å². The Morgan fingerprint density at radius 1 is 1.03 bits per heavy atom. The number of aromatic nitrogens is 1. The molecule has 3 aromatic rings. The fourth-order valence-corrected chi connectivity index (χ4v) is 4.23. The van der Waals surface area contributed by atoms with Gasteiger partial charge in [0.1, 0.15) is 5.75 Å². The highest BCUT2D eigenvalue weighted by molar-refractivity contribution is 5.78. The van der Waals surface area contributed by atoms with Gasteiger partial charge >= 0.3 is 0 Å². The molecule has 1 fully saturated rings. The molecule has 0 bridgehead atoms. The molecule has 0 saturated carbocycles. The molecule has 1 aliphatic heterocycles. The predicted octanol–water partition coefficient (Wildman–Crippen LogP) is 4.29. The number of methoxy groups -OCH3 is 1. The van der Waals surface area contributed by atoms with E-state index in [0.717, 1.165) is 49.4 Å². The first-order chi connectivity index (χ1) is 15.2. The van der Waals surface area contributed by atoms with Crippen molar-refractivity contribution in [2.75, 3.05) is 20.2 Å². The molecular weight excluding hydrogens is 386 g/mol. The molecule has 0 unspecified atom stereocenters. The van der Waals surface area contributed by atoms with Gasteiger partial charge < -0.3 is 10.1 Å². The van der Waals surface area contributed by atoms with Crippen LogP contribution in [0.15, 0.2) is 73.1 Å². The van der Waals surface area contributed by atoms with E-state index in [0.29, 0.717) is 6.54 Å². The minimum atomic E-state index is 0.0690. The summed E-state index contributed by atoms with van der Waals surface area (Å²) in [6, 6.07) is 20.4. The van der Waals surface area contributed by atoms with Crippen LogP contribution in [0.2, 0.25) is 0 Å². The van der Waals surface area contributed by atoms with Gasteiger partial charge in [-0.05, 0) is 49.2 Å². The first-order valence-corrected chi connectivity index (χ1v) is 10.8. The molecule has 5 nitrogen and oxygen atoms in total. The monoisotopic (exact) mass is 415 g/mol. The molecule has 4 rings (SSSR count). The summed E-state index contributed by atoms with van der Waals surface area (Å²) < 4.78 is 5.37. The van der Waals surface area contributed by atoms with Crippen molar-refractivity contribution in [2.24, 2.45) is 5.92 Å². The lowest BCUT2D eigenvalue weighted by molar-refractivity contribution is -0.126. The number of benzene rings is 2. The van der Waals surface area contributed by atoms with Gasteiger partial charge in [0.25, 0.3) is 0 Å². The highest BCUT2D eigenvalue weighted by Gasteiger charge is 2.25. The third-order valence-corrected chi connectivity index (χ3v) is 5.99. The minimum absolute atomic E-state index is 0.0690. The van der Waals surface area contributed by atoms with Crippen LogP contribution in [-0.4, -0.2) is 36.0 Å². The van der Waals surface area contributed by atoms with Crippen molar-refractivity contribution in [3.63, 3.8) is 0 Å². The molecular formula is C26H29N3O2. The highest BCUT2D eigenvalue weighted by Crippen LogP contribution is 2.26. The van der Waals surface area contributed by atoms with Gasteiger partial charge in [0.15, 0.2) is 0 Å². The van der Waals surface area contributed by atoms with Crippen molar-refractivity contribution in [1.29, 1.82) is 0 Å². The van der Waals surface area contributed by atoms with E-state index in [1.807, 2.05) is 36.5 Å². The zero-order chi connectivity index (χ0) is 21.5. The number of hydrogen-bond acceptors (Lipinski definition) is 4. The first kappa shape index (κ1) is 21.1. The zero-order valence-electron chi connectivity index (χ0n) is 18.0. The number of hydrogen-bond donors (Lipinski definition) is 1. The van der Waals surface area contributed by atoms with Crippen LogP contribution in [0, 0.1) is 5.92 Å². The van der Waals surface area contributed by atoms with E-state index in [-0.39, 0.29) is 11.8 Å². The van der Waals surface area contributed by atoms with E-state index in [9.17, 15) is 4.79 Å². The molecule has 5 heteroatoms.